The molecule has 0 radical (unpaired) electrons. The molecule has 82 valence electrons. The number of hydrogen-bond donors (Lipinski definition) is 1. The van der Waals surface area contributed by atoms with Crippen LogP contribution < -0.4 is 4.74 Å². The maximum atomic E-state index is 12.0. The predicted octanol–water partition coefficient (Wildman–Crippen LogP) is 2.91. The number of nitrogens with one attached hydrogen (secondary N) is 1. The van der Waals surface area contributed by atoms with Crippen LogP contribution in [0.3, 0.4) is 0 Å². The number of ether oxygens (including phenoxy) is 1. The molecule has 0 bridgehead atoms. The smallest absolute Gasteiger partial charge is 0.170 e. The van der Waals surface area contributed by atoms with Crippen LogP contribution in [0.2, 0.25) is 0 Å². The summed E-state index contributed by atoms with van der Waals surface area (Å²) in [7, 11) is 0. The van der Waals surface area contributed by atoms with Gasteiger partial charge in [0.2, 0.25) is 0 Å². The SMILES string of the molecule is CC1(C)CC(=O)c2ccc3[nH]ccc3c2O1. The fourth-order valence-corrected chi connectivity index (χ4v) is 2.23. The monoisotopic (exact) mass is 215 g/mol. The lowest BCUT2D eigenvalue weighted by atomic mass is 9.92. The van der Waals surface area contributed by atoms with Gasteiger partial charge in [0.15, 0.2) is 5.78 Å². The van der Waals surface area contributed by atoms with Crippen LogP contribution in [-0.4, -0.2) is 16.4 Å². The van der Waals surface area contributed by atoms with Gasteiger partial charge in [-0.15, -0.1) is 0 Å². The molecule has 1 aliphatic heterocycles. The van der Waals surface area contributed by atoms with Crippen LogP contribution in [0.15, 0.2) is 24.4 Å². The Labute approximate surface area is 93.4 Å². The van der Waals surface area contributed by atoms with Crippen molar-refractivity contribution >= 4 is 16.7 Å². The maximum absolute atomic E-state index is 12.0. The molecule has 0 spiro atoms. The molecular formula is C13H13NO2. The van der Waals surface area contributed by atoms with Crippen LogP contribution >= 0.6 is 0 Å². The molecule has 0 amide bonds. The lowest BCUT2D eigenvalue weighted by molar-refractivity contribution is 0.0630. The zero-order valence-electron chi connectivity index (χ0n) is 9.33. The van der Waals surface area contributed by atoms with Gasteiger partial charge in [-0.05, 0) is 32.0 Å². The molecule has 0 saturated carbocycles. The lowest BCUT2D eigenvalue weighted by Crippen LogP contribution is -2.35. The van der Waals surface area contributed by atoms with E-state index in [4.69, 9.17) is 4.74 Å². The third kappa shape index (κ3) is 1.24. The molecule has 2 heterocycles. The van der Waals surface area contributed by atoms with E-state index in [0.29, 0.717) is 12.0 Å². The Morgan fingerprint density at radius 1 is 1.31 bits per heavy atom. The second-order valence-electron chi connectivity index (χ2n) is 4.84. The zero-order chi connectivity index (χ0) is 11.3. The Bertz CT molecular complexity index is 581. The average molecular weight is 215 g/mol. The highest BCUT2D eigenvalue weighted by molar-refractivity contribution is 6.05. The number of aromatic nitrogens is 1. The molecule has 3 rings (SSSR count). The van der Waals surface area contributed by atoms with E-state index in [1.807, 2.05) is 38.2 Å². The van der Waals surface area contributed by atoms with Gasteiger partial charge >= 0.3 is 0 Å². The number of hydrogen-bond acceptors (Lipinski definition) is 2. The van der Waals surface area contributed by atoms with Crippen molar-refractivity contribution in [2.45, 2.75) is 25.9 Å². The van der Waals surface area contributed by atoms with Gasteiger partial charge in [-0.2, -0.15) is 0 Å². The molecular weight excluding hydrogens is 202 g/mol. The van der Waals surface area contributed by atoms with Gasteiger partial charge in [-0.1, -0.05) is 0 Å². The number of ketones is 1. The van der Waals surface area contributed by atoms with Crippen LogP contribution in [0.1, 0.15) is 30.6 Å². The fourth-order valence-electron chi connectivity index (χ4n) is 2.23. The first-order chi connectivity index (χ1) is 7.57. The van der Waals surface area contributed by atoms with Gasteiger partial charge in [-0.3, -0.25) is 4.79 Å². The van der Waals surface area contributed by atoms with Gasteiger partial charge in [0.25, 0.3) is 0 Å². The molecule has 2 aromatic rings. The Kier molecular flexibility index (Phi) is 1.70. The highest BCUT2D eigenvalue weighted by atomic mass is 16.5. The normalized spacial score (nSPS) is 18.2. The van der Waals surface area contributed by atoms with Gasteiger partial charge in [0.05, 0.1) is 12.0 Å². The van der Waals surface area contributed by atoms with E-state index in [1.54, 1.807) is 0 Å². The van der Waals surface area contributed by atoms with E-state index in [0.717, 1.165) is 16.7 Å². The van der Waals surface area contributed by atoms with E-state index in [-0.39, 0.29) is 5.78 Å². The molecule has 16 heavy (non-hydrogen) atoms. The molecule has 0 fully saturated rings. The third-order valence-electron chi connectivity index (χ3n) is 2.95. The van der Waals surface area contributed by atoms with Crippen molar-refractivity contribution in [1.82, 2.24) is 4.98 Å². The van der Waals surface area contributed by atoms with Gasteiger partial charge in [0.1, 0.15) is 11.4 Å². The van der Waals surface area contributed by atoms with Gasteiger partial charge in [-0.25, -0.2) is 0 Å². The van der Waals surface area contributed by atoms with E-state index in [2.05, 4.69) is 4.98 Å². The van der Waals surface area contributed by atoms with Crippen LogP contribution in [-0.2, 0) is 0 Å². The van der Waals surface area contributed by atoms with Crippen molar-refractivity contribution in [2.24, 2.45) is 0 Å². The van der Waals surface area contributed by atoms with Gasteiger partial charge < -0.3 is 9.72 Å². The number of aromatic amines is 1. The largest absolute Gasteiger partial charge is 0.486 e. The molecule has 0 unspecified atom stereocenters. The Morgan fingerprint density at radius 3 is 2.94 bits per heavy atom. The molecule has 1 aromatic heterocycles. The zero-order valence-corrected chi connectivity index (χ0v) is 9.33. The quantitative estimate of drug-likeness (QED) is 0.734. The number of carbonyl (C=O) groups is 1. The van der Waals surface area contributed by atoms with Crippen molar-refractivity contribution in [1.29, 1.82) is 0 Å². The summed E-state index contributed by atoms with van der Waals surface area (Å²) in [5, 5.41) is 0.985. The minimum atomic E-state index is -0.407. The first kappa shape index (κ1) is 9.46. The van der Waals surface area contributed by atoms with Crippen molar-refractivity contribution in [3.05, 3.63) is 30.0 Å². The predicted molar refractivity (Wildman–Crippen MR) is 62.0 cm³/mol. The topological polar surface area (TPSA) is 42.1 Å². The molecule has 1 aliphatic rings. The van der Waals surface area contributed by atoms with Crippen molar-refractivity contribution in [2.75, 3.05) is 0 Å². The molecule has 1 aromatic carbocycles. The number of carbonyl (C=O) groups excluding carboxylic acids is 1. The average Bonchev–Trinajstić information content (AvgIpc) is 2.63. The number of fused-ring (bicyclic) bond motifs is 3. The summed E-state index contributed by atoms with van der Waals surface area (Å²) in [6.45, 7) is 3.89. The first-order valence-corrected chi connectivity index (χ1v) is 5.39. The summed E-state index contributed by atoms with van der Waals surface area (Å²) in [5.41, 5.74) is 1.30. The first-order valence-electron chi connectivity index (χ1n) is 5.39. The number of H-pyrrole nitrogens is 1. The number of Topliss-reactive ketones (excluding diaryl/α,β-unsaturated/α-hetero) is 1. The second-order valence-corrected chi connectivity index (χ2v) is 4.84. The van der Waals surface area contributed by atoms with E-state index in [1.165, 1.54) is 0 Å². The molecule has 0 saturated heterocycles. The Hall–Kier alpha value is -1.77. The number of rotatable bonds is 0. The highest BCUT2D eigenvalue weighted by Crippen LogP contribution is 2.38. The van der Waals surface area contributed by atoms with Crippen LogP contribution in [0.4, 0.5) is 0 Å². The Balaban J connectivity index is 2.31. The van der Waals surface area contributed by atoms with Crippen molar-refractivity contribution in [3.63, 3.8) is 0 Å². The van der Waals surface area contributed by atoms with Gasteiger partial charge in [0, 0.05) is 17.1 Å². The van der Waals surface area contributed by atoms with Crippen LogP contribution in [0.5, 0.6) is 5.75 Å². The minimum absolute atomic E-state index is 0.161. The fraction of sp³-hybridized carbons (Fsp3) is 0.308. The summed E-state index contributed by atoms with van der Waals surface area (Å²) in [6, 6.07) is 5.71. The molecule has 0 aliphatic carbocycles. The summed E-state index contributed by atoms with van der Waals surface area (Å²) < 4.78 is 5.92. The molecule has 3 heteroatoms. The minimum Gasteiger partial charge on any atom is -0.486 e. The summed E-state index contributed by atoms with van der Waals surface area (Å²) >= 11 is 0. The molecule has 1 N–H and O–H groups in total. The highest BCUT2D eigenvalue weighted by Gasteiger charge is 2.33. The Morgan fingerprint density at radius 2 is 2.12 bits per heavy atom. The van der Waals surface area contributed by atoms with Crippen molar-refractivity contribution < 1.29 is 9.53 Å². The standard InChI is InChI=1S/C13H13NO2/c1-13(2)7-11(15)9-3-4-10-8(5-6-14-10)12(9)16-13/h3-6,14H,7H2,1-2H3. The number of benzene rings is 1. The lowest BCUT2D eigenvalue weighted by Gasteiger charge is -2.31. The van der Waals surface area contributed by atoms with E-state index < -0.39 is 5.60 Å². The van der Waals surface area contributed by atoms with E-state index >= 15 is 0 Å². The molecule has 0 atom stereocenters. The third-order valence-corrected chi connectivity index (χ3v) is 2.95. The second kappa shape index (κ2) is 2.88. The summed E-state index contributed by atoms with van der Waals surface area (Å²) in [5.74, 6) is 0.884. The van der Waals surface area contributed by atoms with Crippen LogP contribution in [0, 0.1) is 0 Å². The van der Waals surface area contributed by atoms with Crippen LogP contribution in [0.25, 0.3) is 10.9 Å². The molecule has 3 nitrogen and oxygen atoms in total. The summed E-state index contributed by atoms with van der Waals surface area (Å²) in [6.07, 6.45) is 2.30. The van der Waals surface area contributed by atoms with E-state index in [9.17, 15) is 4.79 Å². The summed E-state index contributed by atoms with van der Waals surface area (Å²) in [4.78, 5) is 15.1. The van der Waals surface area contributed by atoms with Crippen molar-refractivity contribution in [3.8, 4) is 5.75 Å². The maximum Gasteiger partial charge on any atom is 0.170 e.